The van der Waals surface area contributed by atoms with Crippen LogP contribution in [0, 0.1) is 12.6 Å². The minimum absolute atomic E-state index is 0.361. The maximum absolute atomic E-state index is 7.94. The van der Waals surface area contributed by atoms with Gasteiger partial charge in [0.15, 0.2) is 0 Å². The van der Waals surface area contributed by atoms with Crippen molar-refractivity contribution in [3.05, 3.63) is 19.2 Å². The Morgan fingerprint density at radius 2 is 1.88 bits per heavy atom. The summed E-state index contributed by atoms with van der Waals surface area (Å²) in [6, 6.07) is 0. The Kier molecular flexibility index (Phi) is 98.4. The van der Waals surface area contributed by atoms with Gasteiger partial charge in [0.2, 0.25) is 0 Å². The van der Waals surface area contributed by atoms with E-state index in [1.54, 1.807) is 6.92 Å². The third-order valence-electron chi connectivity index (χ3n) is 0. The van der Waals surface area contributed by atoms with E-state index in [0.29, 0.717) is 0 Å². The summed E-state index contributed by atoms with van der Waals surface area (Å²) in [6.45, 7) is 8.39. The van der Waals surface area contributed by atoms with Crippen LogP contribution < -0.4 is 0 Å². The van der Waals surface area contributed by atoms with Crippen molar-refractivity contribution in [2.75, 3.05) is 0 Å². The SMILES string of the molecule is C=[C-]C.[CH2-][SiH2]Cl.[O]=[Co]. The molecule has 53 valence electrons. The van der Waals surface area contributed by atoms with Crippen molar-refractivity contribution in [2.45, 2.75) is 6.92 Å². The minimum atomic E-state index is -0.361. The summed E-state index contributed by atoms with van der Waals surface area (Å²) >= 11 is 7.34. The summed E-state index contributed by atoms with van der Waals surface area (Å²) in [6.07, 6.45) is 2.50. The summed E-state index contributed by atoms with van der Waals surface area (Å²) in [5.41, 5.74) is 0. The molecule has 0 rings (SSSR count). The molecule has 0 aliphatic heterocycles. The predicted octanol–water partition coefficient (Wildman–Crippen LogP) is 0.975. The standard InChI is InChI=1S/C3H5.CH4ClSi.Co.O/c2*1-3-2;;/h1H2,2H3;1,3H2;;/q2*-1;;. The molecule has 0 aromatic heterocycles. The zero-order chi connectivity index (χ0) is 7.41. The average molecular weight is 196 g/mol. The molecule has 0 fully saturated rings. The Labute approximate surface area is 65.8 Å². The Balaban J connectivity index is -0.0000000483. The Morgan fingerprint density at radius 3 is 1.88 bits per heavy atom. The van der Waals surface area contributed by atoms with E-state index in [4.69, 9.17) is 14.9 Å². The summed E-state index contributed by atoms with van der Waals surface area (Å²) in [7, 11) is -0.361. The van der Waals surface area contributed by atoms with Gasteiger partial charge >= 0.3 is 19.5 Å². The molecule has 0 spiro atoms. The van der Waals surface area contributed by atoms with Crippen LogP contribution in [0.4, 0.5) is 0 Å². The van der Waals surface area contributed by atoms with Gasteiger partial charge in [0, 0.05) is 0 Å². The topological polar surface area (TPSA) is 17.1 Å². The fraction of sp³-hybridized carbons (Fsp3) is 0.250. The van der Waals surface area contributed by atoms with Crippen LogP contribution in [0.25, 0.3) is 0 Å². The number of hydrogen-bond acceptors (Lipinski definition) is 1. The molecule has 0 aromatic rings. The zero-order valence-corrected chi connectivity index (χ0v) is 7.95. The third kappa shape index (κ3) is 660. The van der Waals surface area contributed by atoms with Crippen LogP contribution in [0.5, 0.6) is 0 Å². The molecule has 0 atom stereocenters. The van der Waals surface area contributed by atoms with E-state index < -0.39 is 0 Å². The van der Waals surface area contributed by atoms with Crippen molar-refractivity contribution in [3.63, 3.8) is 0 Å². The molecule has 0 radical (unpaired) electrons. The second-order valence-electron chi connectivity index (χ2n) is 0.543. The molecule has 0 aliphatic rings. The van der Waals surface area contributed by atoms with Crippen molar-refractivity contribution in [3.8, 4) is 0 Å². The molecular weight excluding hydrogens is 187 g/mol. The van der Waals surface area contributed by atoms with Gasteiger partial charge in [-0.1, -0.05) is 0 Å². The van der Waals surface area contributed by atoms with E-state index in [1.165, 1.54) is 0 Å². The molecule has 0 aliphatic carbocycles. The first-order chi connectivity index (χ1) is 3.83. The molecule has 1 nitrogen and oxygen atoms in total. The molecule has 0 bridgehead atoms. The van der Waals surface area contributed by atoms with Gasteiger partial charge in [-0.25, -0.2) is 11.1 Å². The van der Waals surface area contributed by atoms with E-state index in [0.717, 1.165) is 0 Å². The molecule has 0 N–H and O–H groups in total. The molecule has 0 saturated heterocycles. The van der Waals surface area contributed by atoms with Crippen LogP contribution in [-0.4, -0.2) is 8.83 Å². The number of halogens is 1. The van der Waals surface area contributed by atoms with Crippen molar-refractivity contribution < 1.29 is 19.5 Å². The van der Waals surface area contributed by atoms with Crippen molar-refractivity contribution in [1.29, 1.82) is 0 Å². The summed E-state index contributed by atoms with van der Waals surface area (Å²) < 4.78 is 7.94. The van der Waals surface area contributed by atoms with Crippen molar-refractivity contribution in [1.82, 2.24) is 0 Å². The first kappa shape index (κ1) is 15.8. The van der Waals surface area contributed by atoms with Crippen LogP contribution in [0.15, 0.2) is 6.58 Å². The normalized spacial score (nSPS) is 6.00. The average Bonchev–Trinajstić information content (AvgIpc) is 1.75. The van der Waals surface area contributed by atoms with E-state index in [1.807, 2.05) is 0 Å². The fourth-order valence-corrected chi connectivity index (χ4v) is 0. The monoisotopic (exact) mass is 195 g/mol. The number of allylic oxidation sites excluding steroid dienone is 1. The second kappa shape index (κ2) is 49.8. The molecule has 0 saturated carbocycles. The molecule has 0 amide bonds. The molecule has 0 unspecified atom stereocenters. The van der Waals surface area contributed by atoms with Gasteiger partial charge in [0.05, 0.1) is 0 Å². The molecule has 0 aromatic carbocycles. The van der Waals surface area contributed by atoms with E-state index in [9.17, 15) is 0 Å². The first-order valence-corrected chi connectivity index (χ1v) is 5.32. The van der Waals surface area contributed by atoms with E-state index in [-0.39, 0.29) is 8.83 Å². The van der Waals surface area contributed by atoms with Gasteiger partial charge in [0.25, 0.3) is 0 Å². The predicted molar refractivity (Wildman–Crippen MR) is 35.0 cm³/mol. The van der Waals surface area contributed by atoms with E-state index >= 15 is 0 Å². The Morgan fingerprint density at radius 1 is 1.88 bits per heavy atom. The van der Waals surface area contributed by atoms with Gasteiger partial charge in [-0.15, -0.1) is 0 Å². The van der Waals surface area contributed by atoms with Crippen LogP contribution in [0.2, 0.25) is 0 Å². The summed E-state index contributed by atoms with van der Waals surface area (Å²) in [5.74, 6) is 0. The molecule has 0 heterocycles. The maximum atomic E-state index is 7.94. The van der Waals surface area contributed by atoms with E-state index in [2.05, 4.69) is 34.9 Å². The number of rotatable bonds is 0. The summed E-state index contributed by atoms with van der Waals surface area (Å²) in [5, 5.41) is 0. The van der Waals surface area contributed by atoms with Crippen LogP contribution in [-0.2, 0) is 19.5 Å². The Hall–Kier alpha value is 0.553. The van der Waals surface area contributed by atoms with Gasteiger partial charge in [-0.3, -0.25) is 6.58 Å². The van der Waals surface area contributed by atoms with Crippen molar-refractivity contribution >= 4 is 19.9 Å². The first-order valence-electron chi connectivity index (χ1n) is 1.76. The van der Waals surface area contributed by atoms with Gasteiger partial charge < -0.3 is 12.6 Å². The molecule has 4 heteroatoms. The van der Waals surface area contributed by atoms with Crippen LogP contribution in [0.3, 0.4) is 0 Å². The second-order valence-corrected chi connectivity index (χ2v) is 2.05. The van der Waals surface area contributed by atoms with Crippen molar-refractivity contribution in [2.24, 2.45) is 0 Å². The molecule has 8 heavy (non-hydrogen) atoms. The van der Waals surface area contributed by atoms with Crippen LogP contribution in [0.1, 0.15) is 6.92 Å². The zero-order valence-electron chi connectivity index (χ0n) is 4.74. The van der Waals surface area contributed by atoms with Crippen LogP contribution >= 0.6 is 11.1 Å². The van der Waals surface area contributed by atoms with Gasteiger partial charge in [-0.05, 0) is 8.83 Å². The quantitative estimate of drug-likeness (QED) is 0.320. The Bertz CT molecular complexity index is 37.2. The fourth-order valence-electron chi connectivity index (χ4n) is 0. The third-order valence-corrected chi connectivity index (χ3v) is 0. The number of hydrogen-bond donors (Lipinski definition) is 0. The van der Waals surface area contributed by atoms with Gasteiger partial charge in [-0.2, -0.15) is 6.92 Å². The summed E-state index contributed by atoms with van der Waals surface area (Å²) in [4.78, 5) is 0. The molecular formula is C4H9ClCoOSi-2. The van der Waals surface area contributed by atoms with Gasteiger partial charge in [0.1, 0.15) is 0 Å².